The highest BCUT2D eigenvalue weighted by molar-refractivity contribution is 14.0. The van der Waals surface area contributed by atoms with Crippen LogP contribution in [0.5, 0.6) is 0 Å². The molecule has 1 aliphatic rings. The van der Waals surface area contributed by atoms with Gasteiger partial charge in [0.25, 0.3) is 0 Å². The van der Waals surface area contributed by atoms with Gasteiger partial charge in [-0.1, -0.05) is 36.4 Å². The van der Waals surface area contributed by atoms with Crippen LogP contribution in [0, 0.1) is 5.92 Å². The lowest BCUT2D eigenvalue weighted by Crippen LogP contribution is -2.40. The summed E-state index contributed by atoms with van der Waals surface area (Å²) < 4.78 is 5.59. The molecular formula is C23H28IN5O. The van der Waals surface area contributed by atoms with Crippen LogP contribution < -0.4 is 15.5 Å². The number of rotatable bonds is 6. The van der Waals surface area contributed by atoms with Crippen molar-refractivity contribution in [3.05, 3.63) is 72.6 Å². The summed E-state index contributed by atoms with van der Waals surface area (Å²) in [6.45, 7) is 3.63. The molecule has 158 valence electrons. The number of benzene rings is 2. The van der Waals surface area contributed by atoms with Crippen molar-refractivity contribution in [3.8, 4) is 11.5 Å². The van der Waals surface area contributed by atoms with Crippen molar-refractivity contribution in [2.24, 2.45) is 10.9 Å². The van der Waals surface area contributed by atoms with E-state index in [1.54, 1.807) is 13.3 Å². The maximum absolute atomic E-state index is 5.59. The number of anilines is 1. The highest BCUT2D eigenvalue weighted by Crippen LogP contribution is 2.23. The van der Waals surface area contributed by atoms with E-state index < -0.39 is 0 Å². The zero-order chi connectivity index (χ0) is 19.9. The molecule has 1 atom stereocenters. The highest BCUT2D eigenvalue weighted by Gasteiger charge is 2.22. The average molecular weight is 517 g/mol. The molecule has 0 radical (unpaired) electrons. The number of hydrogen-bond acceptors (Lipinski definition) is 4. The fraction of sp³-hybridized carbons (Fsp3) is 0.304. The number of oxazole rings is 1. The van der Waals surface area contributed by atoms with E-state index in [4.69, 9.17) is 4.42 Å². The van der Waals surface area contributed by atoms with Gasteiger partial charge in [0.05, 0.1) is 12.2 Å². The van der Waals surface area contributed by atoms with Crippen molar-refractivity contribution in [2.45, 2.75) is 13.0 Å². The molecule has 0 saturated carbocycles. The number of nitrogens with one attached hydrogen (secondary N) is 2. The predicted molar refractivity (Wildman–Crippen MR) is 132 cm³/mol. The van der Waals surface area contributed by atoms with Gasteiger partial charge in [0.1, 0.15) is 6.26 Å². The molecular weight excluding hydrogens is 489 g/mol. The molecule has 0 amide bonds. The van der Waals surface area contributed by atoms with Gasteiger partial charge >= 0.3 is 0 Å². The highest BCUT2D eigenvalue weighted by atomic mass is 127. The molecule has 0 spiro atoms. The maximum Gasteiger partial charge on any atom is 0.226 e. The van der Waals surface area contributed by atoms with Gasteiger partial charge in [-0.2, -0.15) is 0 Å². The lowest BCUT2D eigenvalue weighted by Gasteiger charge is -2.19. The van der Waals surface area contributed by atoms with Crippen LogP contribution in [0.1, 0.15) is 12.1 Å². The first-order valence-corrected chi connectivity index (χ1v) is 10.1. The third kappa shape index (κ3) is 5.75. The monoisotopic (exact) mass is 517 g/mol. The molecule has 2 heterocycles. The first kappa shape index (κ1) is 22.1. The van der Waals surface area contributed by atoms with E-state index in [2.05, 4.69) is 55.8 Å². The number of hydrogen-bond donors (Lipinski definition) is 2. The molecule has 3 aromatic rings. The molecule has 1 fully saturated rings. The lowest BCUT2D eigenvalue weighted by atomic mass is 10.1. The fourth-order valence-electron chi connectivity index (χ4n) is 3.61. The predicted octanol–water partition coefficient (Wildman–Crippen LogP) is 4.15. The molecule has 7 heteroatoms. The van der Waals surface area contributed by atoms with E-state index in [0.29, 0.717) is 18.4 Å². The van der Waals surface area contributed by atoms with Crippen LogP contribution in [-0.4, -0.2) is 37.6 Å². The first-order chi connectivity index (χ1) is 14.3. The molecule has 1 saturated heterocycles. The third-order valence-electron chi connectivity index (χ3n) is 5.20. The van der Waals surface area contributed by atoms with Crippen molar-refractivity contribution < 1.29 is 4.42 Å². The second-order valence-electron chi connectivity index (χ2n) is 7.25. The topological polar surface area (TPSA) is 65.7 Å². The second kappa shape index (κ2) is 11.0. The Morgan fingerprint density at radius 2 is 1.83 bits per heavy atom. The molecule has 2 aromatic carbocycles. The average Bonchev–Trinajstić information content (AvgIpc) is 3.45. The van der Waals surface area contributed by atoms with Gasteiger partial charge in [-0.3, -0.25) is 4.99 Å². The van der Waals surface area contributed by atoms with Gasteiger partial charge in [0.2, 0.25) is 5.89 Å². The molecule has 1 unspecified atom stereocenters. The molecule has 6 nitrogen and oxygen atoms in total. The van der Waals surface area contributed by atoms with E-state index in [0.717, 1.165) is 36.9 Å². The summed E-state index contributed by atoms with van der Waals surface area (Å²) in [5, 5.41) is 6.77. The number of aliphatic imine (C=N–C) groups is 1. The van der Waals surface area contributed by atoms with Crippen LogP contribution in [0.4, 0.5) is 5.69 Å². The van der Waals surface area contributed by atoms with E-state index in [-0.39, 0.29) is 24.0 Å². The molecule has 1 aliphatic heterocycles. The quantitative estimate of drug-likeness (QED) is 0.292. The molecule has 30 heavy (non-hydrogen) atoms. The SMILES string of the molecule is CN=C(NCc1coc(-c2ccccc2)n1)NCC1CCN(c2ccccc2)C1.I. The van der Waals surface area contributed by atoms with Gasteiger partial charge in [-0.25, -0.2) is 4.98 Å². The summed E-state index contributed by atoms with van der Waals surface area (Å²) in [7, 11) is 1.79. The summed E-state index contributed by atoms with van der Waals surface area (Å²) in [5.41, 5.74) is 3.13. The summed E-state index contributed by atoms with van der Waals surface area (Å²) in [6.07, 6.45) is 2.87. The van der Waals surface area contributed by atoms with Crippen molar-refractivity contribution >= 4 is 35.6 Å². The Morgan fingerprint density at radius 3 is 2.57 bits per heavy atom. The minimum Gasteiger partial charge on any atom is -0.444 e. The van der Waals surface area contributed by atoms with Gasteiger partial charge in [-0.05, 0) is 36.6 Å². The second-order valence-corrected chi connectivity index (χ2v) is 7.25. The largest absolute Gasteiger partial charge is 0.444 e. The van der Waals surface area contributed by atoms with Crippen LogP contribution >= 0.6 is 24.0 Å². The van der Waals surface area contributed by atoms with E-state index >= 15 is 0 Å². The molecule has 1 aromatic heterocycles. The van der Waals surface area contributed by atoms with E-state index in [9.17, 15) is 0 Å². The van der Waals surface area contributed by atoms with Crippen LogP contribution in [0.2, 0.25) is 0 Å². The van der Waals surface area contributed by atoms with Gasteiger partial charge in [0.15, 0.2) is 5.96 Å². The Bertz CT molecular complexity index is 929. The maximum atomic E-state index is 5.59. The first-order valence-electron chi connectivity index (χ1n) is 10.1. The van der Waals surface area contributed by atoms with Crippen LogP contribution in [0.3, 0.4) is 0 Å². The summed E-state index contributed by atoms with van der Waals surface area (Å²) in [4.78, 5) is 11.3. The number of aromatic nitrogens is 1. The van der Waals surface area contributed by atoms with Gasteiger partial charge < -0.3 is 20.0 Å². The fourth-order valence-corrected chi connectivity index (χ4v) is 3.61. The zero-order valence-corrected chi connectivity index (χ0v) is 19.5. The van der Waals surface area contributed by atoms with Crippen LogP contribution in [-0.2, 0) is 6.54 Å². The van der Waals surface area contributed by atoms with E-state index in [1.165, 1.54) is 12.1 Å². The number of nitrogens with zero attached hydrogens (tertiary/aromatic N) is 3. The molecule has 0 bridgehead atoms. The molecule has 2 N–H and O–H groups in total. The minimum absolute atomic E-state index is 0. The molecule has 0 aliphatic carbocycles. The van der Waals surface area contributed by atoms with Gasteiger partial charge in [-0.15, -0.1) is 24.0 Å². The summed E-state index contributed by atoms with van der Waals surface area (Å²) in [5.74, 6) is 2.02. The number of halogens is 1. The van der Waals surface area contributed by atoms with Gasteiger partial charge in [0, 0.05) is 37.9 Å². The Morgan fingerprint density at radius 1 is 1.10 bits per heavy atom. The van der Waals surface area contributed by atoms with Crippen molar-refractivity contribution in [1.29, 1.82) is 0 Å². The smallest absolute Gasteiger partial charge is 0.226 e. The molecule has 4 rings (SSSR count). The van der Waals surface area contributed by atoms with E-state index in [1.807, 2.05) is 30.3 Å². The number of guanidine groups is 1. The van der Waals surface area contributed by atoms with Crippen molar-refractivity contribution in [2.75, 3.05) is 31.6 Å². The Hall–Kier alpha value is -2.55. The van der Waals surface area contributed by atoms with Crippen molar-refractivity contribution in [3.63, 3.8) is 0 Å². The third-order valence-corrected chi connectivity index (χ3v) is 5.20. The number of para-hydroxylation sites is 1. The van der Waals surface area contributed by atoms with Crippen molar-refractivity contribution in [1.82, 2.24) is 15.6 Å². The van der Waals surface area contributed by atoms with Crippen LogP contribution in [0.25, 0.3) is 11.5 Å². The Kier molecular flexibility index (Phi) is 8.12. The normalized spacial score (nSPS) is 16.2. The van der Waals surface area contributed by atoms with Crippen LogP contribution in [0.15, 0.2) is 76.3 Å². The summed E-state index contributed by atoms with van der Waals surface area (Å²) in [6, 6.07) is 20.5. The standard InChI is InChI=1S/C23H27N5O.HI/c1-24-23(25-14-18-12-13-28(16-18)21-10-6-3-7-11-21)26-15-20-17-29-22(27-20)19-8-4-2-5-9-19;/h2-11,17-18H,12-16H2,1H3,(H2,24,25,26);1H. The Balaban J connectivity index is 0.00000256. The summed E-state index contributed by atoms with van der Waals surface area (Å²) >= 11 is 0. The minimum atomic E-state index is 0. The Labute approximate surface area is 194 Å². The zero-order valence-electron chi connectivity index (χ0n) is 17.1. The lowest BCUT2D eigenvalue weighted by molar-refractivity contribution is 0.564.